The van der Waals surface area contributed by atoms with Crippen LogP contribution in [0.4, 0.5) is 0 Å². The fraction of sp³-hybridized carbons (Fsp3) is 0. The molecule has 0 saturated heterocycles. The van der Waals surface area contributed by atoms with Gasteiger partial charge in [-0.15, -0.1) is 0 Å². The van der Waals surface area contributed by atoms with E-state index in [1.54, 1.807) is 0 Å². The first kappa shape index (κ1) is 79.2. The van der Waals surface area contributed by atoms with Gasteiger partial charge in [-0.3, -0.25) is 0 Å². The predicted molar refractivity (Wildman–Crippen MR) is 614 cm³/mol. The Labute approximate surface area is 805 Å². The molecule has 0 fully saturated rings. The van der Waals surface area contributed by atoms with E-state index in [-0.39, 0.29) is 0 Å². The van der Waals surface area contributed by atoms with E-state index in [4.69, 9.17) is 0 Å². The topological polar surface area (TPSA) is 0 Å². The molecule has 36 aromatic carbocycles. The second kappa shape index (κ2) is 31.7. The van der Waals surface area contributed by atoms with Gasteiger partial charge in [0.05, 0.1) is 0 Å². The van der Waals surface area contributed by atoms with Gasteiger partial charge in [-0.1, -0.05) is 497 Å². The van der Waals surface area contributed by atoms with Gasteiger partial charge in [-0.2, -0.15) is 0 Å². The van der Waals surface area contributed by atoms with Crippen molar-refractivity contribution in [3.63, 3.8) is 0 Å². The Morgan fingerprint density at radius 3 is 0.329 bits per heavy atom. The third kappa shape index (κ3) is 12.5. The van der Waals surface area contributed by atoms with Gasteiger partial charge < -0.3 is 0 Å². The summed E-state index contributed by atoms with van der Waals surface area (Å²) < 4.78 is 0. The Morgan fingerprint density at radius 2 is 0.164 bits per heavy atom. The fourth-order valence-corrected chi connectivity index (χ4v) is 24.3. The Balaban J connectivity index is 0.0000000778. The van der Waals surface area contributed by atoms with E-state index in [0.29, 0.717) is 0 Å². The number of rotatable bonds is 0. The molecule has 36 aromatic rings. The average molecular weight is 1770 g/mol. The molecule has 0 unspecified atom stereocenters. The summed E-state index contributed by atoms with van der Waals surface area (Å²) in [6, 6.07) is 185. The smallest absolute Gasteiger partial charge is 0.00139 e. The molecule has 0 spiro atoms. The van der Waals surface area contributed by atoms with Crippen LogP contribution in [0.1, 0.15) is 0 Å². The zero-order valence-corrected chi connectivity index (χ0v) is 76.5. The van der Waals surface area contributed by atoms with Crippen LogP contribution in [0.15, 0.2) is 510 Å². The molecular formula is C140H84. The van der Waals surface area contributed by atoms with Crippen LogP contribution in [0.3, 0.4) is 0 Å². The minimum Gasteiger partial charge on any atom is -0.0616 e. The maximum atomic E-state index is 2.27. The van der Waals surface area contributed by atoms with Crippen LogP contribution in [0.2, 0.25) is 0 Å². The Kier molecular flexibility index (Phi) is 17.9. The summed E-state index contributed by atoms with van der Waals surface area (Å²) in [6.07, 6.45) is 0. The highest BCUT2D eigenvalue weighted by atomic mass is 14.3. The average Bonchev–Trinajstić information content (AvgIpc) is 0.877. The van der Waals surface area contributed by atoms with Crippen LogP contribution in [0.5, 0.6) is 0 Å². The Hall–Kier alpha value is -18.2. The van der Waals surface area contributed by atoms with Gasteiger partial charge in [0.15, 0.2) is 0 Å². The Morgan fingerprint density at radius 1 is 0.0571 bits per heavy atom. The van der Waals surface area contributed by atoms with Crippen molar-refractivity contribution in [3.8, 4) is 0 Å². The van der Waals surface area contributed by atoms with Crippen molar-refractivity contribution in [2.24, 2.45) is 0 Å². The highest BCUT2D eigenvalue weighted by Gasteiger charge is 2.24. The summed E-state index contributed by atoms with van der Waals surface area (Å²) in [7, 11) is 0. The maximum Gasteiger partial charge on any atom is -0.00139 e. The molecule has 0 nitrogen and oxygen atoms in total. The fourth-order valence-electron chi connectivity index (χ4n) is 24.3. The van der Waals surface area contributed by atoms with E-state index in [0.717, 1.165) is 0 Å². The molecule has 0 amide bonds. The molecule has 0 heteroatoms. The van der Waals surface area contributed by atoms with Crippen LogP contribution < -0.4 is 0 Å². The quantitative estimate of drug-likeness (QED) is 0.105. The first-order chi connectivity index (χ1) is 69.4. The summed E-state index contributed by atoms with van der Waals surface area (Å²) in [5.41, 5.74) is 0. The van der Waals surface area contributed by atoms with E-state index < -0.39 is 0 Å². The Bertz CT molecular complexity index is 9370. The second-order valence-electron chi connectivity index (χ2n) is 38.1. The number of benzene rings is 35. The van der Waals surface area contributed by atoms with Gasteiger partial charge >= 0.3 is 0 Å². The van der Waals surface area contributed by atoms with Crippen molar-refractivity contribution >= 4 is 302 Å². The van der Waals surface area contributed by atoms with E-state index in [9.17, 15) is 0 Å². The first-order valence-corrected chi connectivity index (χ1v) is 48.8. The molecule has 0 aliphatic heterocycles. The zero-order valence-electron chi connectivity index (χ0n) is 76.5. The summed E-state index contributed by atoms with van der Waals surface area (Å²) >= 11 is 0. The summed E-state index contributed by atoms with van der Waals surface area (Å²) in [5, 5.41) is 76.8. The van der Waals surface area contributed by atoms with Crippen molar-refractivity contribution < 1.29 is 0 Å². The van der Waals surface area contributed by atoms with Crippen molar-refractivity contribution in [1.82, 2.24) is 0 Å². The monoisotopic (exact) mass is 1760 g/mol. The number of hydrogen-bond donors (Lipinski definition) is 0. The minimum atomic E-state index is 1.31. The van der Waals surface area contributed by atoms with Crippen molar-refractivity contribution in [2.45, 2.75) is 0 Å². The highest BCUT2D eigenvalue weighted by molar-refractivity contribution is 6.48. The minimum absolute atomic E-state index is 1.31. The van der Waals surface area contributed by atoms with Crippen molar-refractivity contribution in [2.75, 3.05) is 0 Å². The van der Waals surface area contributed by atoms with E-state index >= 15 is 0 Å². The molecule has 0 aliphatic rings. The maximum absolute atomic E-state index is 2.27. The van der Waals surface area contributed by atoms with Crippen LogP contribution in [-0.4, -0.2) is 0 Å². The molecule has 0 radical (unpaired) electrons. The van der Waals surface area contributed by atoms with Gasteiger partial charge in [-0.25, -0.2) is 0 Å². The third-order valence-corrected chi connectivity index (χ3v) is 30.6. The van der Waals surface area contributed by atoms with Gasteiger partial charge in [0.1, 0.15) is 0 Å². The molecule has 140 heavy (non-hydrogen) atoms. The lowest BCUT2D eigenvalue weighted by Gasteiger charge is -2.20. The molecular weight excluding hydrogens is 1680 g/mol. The molecule has 0 atom stereocenters. The highest BCUT2D eigenvalue weighted by Crippen LogP contribution is 2.53. The first-order valence-electron chi connectivity index (χ1n) is 48.8. The van der Waals surface area contributed by atoms with E-state index in [1.165, 1.54) is 302 Å². The summed E-state index contributed by atoms with van der Waals surface area (Å²) in [5.74, 6) is 0. The molecule has 644 valence electrons. The molecule has 0 saturated carbocycles. The standard InChI is InChI=1S/2C24H12.C20H10.C18H12.C16H10.2C14H10.C10H8/c2*1-2-14-5-6-16-9-11-18-12-10-17-8-7-15-4-3-13(1)19-20(14)22(16)24(18)23(17)21(15)19;1-2-12-5-6-14-9-10-15-8-7-13-4-3-11(1)16-17(12)19(14)20(15)18(13)16;1-3-7-15-13(5-1)9-11-18-16-8-4-2-6-14(16)10-12-17(15)18;1-3-11-7-9-13-5-2-6-14-10-8-12(4-1)15(11)16(13)14;1-3-7-13-11(5-1)9-10-12-6-2-4-8-14(12)13;1-2-6-12-10-14-8-4-3-7-13(14)9-11(12)5-1;1-2-6-10-8-4-3-7-9(10)5-1/h2*1-12H;1-10H;1-12H;1-10H;2*1-10H;1-8H. The molecule has 0 aliphatic carbocycles. The lowest BCUT2D eigenvalue weighted by atomic mass is 9.83. The lowest BCUT2D eigenvalue weighted by Crippen LogP contribution is -1.91. The summed E-state index contributed by atoms with van der Waals surface area (Å²) in [6.45, 7) is 0. The molecule has 0 aromatic heterocycles. The van der Waals surface area contributed by atoms with Crippen LogP contribution in [-0.2, 0) is 0 Å². The summed E-state index contributed by atoms with van der Waals surface area (Å²) in [4.78, 5) is 0. The molecule has 0 N–H and O–H groups in total. The van der Waals surface area contributed by atoms with Crippen LogP contribution in [0.25, 0.3) is 302 Å². The van der Waals surface area contributed by atoms with Gasteiger partial charge in [0.2, 0.25) is 0 Å². The van der Waals surface area contributed by atoms with Crippen LogP contribution in [0, 0.1) is 0 Å². The van der Waals surface area contributed by atoms with Gasteiger partial charge in [0.25, 0.3) is 0 Å². The lowest BCUT2D eigenvalue weighted by molar-refractivity contribution is 1.75. The predicted octanol–water partition coefficient (Wildman–Crippen LogP) is 40.2. The van der Waals surface area contributed by atoms with E-state index in [1.807, 2.05) is 0 Å². The van der Waals surface area contributed by atoms with E-state index in [2.05, 4.69) is 510 Å². The second-order valence-corrected chi connectivity index (χ2v) is 38.1. The SMILES string of the molecule is c1cc2ccc3ccc4ccc5ccc1c1c2c3c4c51.c1cc2ccc3ccc4ccc5ccc6ccc1c1c2c3c4c5c61.c1cc2ccc3ccc4ccc5ccc6ccc1c1c2c3c4c5c61.c1cc2ccc3cccc4ccc(c1)c2c34.c1ccc2c(c1)ccc1c3ccccc3ccc21.c1ccc2c(c1)ccc1ccccc12.c1ccc2cc3ccccc3cc2c1.c1ccc2ccccc2c1. The van der Waals surface area contributed by atoms with Gasteiger partial charge in [0, 0.05) is 0 Å². The van der Waals surface area contributed by atoms with Crippen molar-refractivity contribution in [3.05, 3.63) is 510 Å². The van der Waals surface area contributed by atoms with Gasteiger partial charge in [-0.05, 0) is 314 Å². The number of fused-ring (bicyclic) bond motifs is 11. The molecule has 0 heterocycles. The third-order valence-electron chi connectivity index (χ3n) is 30.6. The number of hydrogen-bond acceptors (Lipinski definition) is 0. The zero-order chi connectivity index (χ0) is 91.7. The molecule has 0 bridgehead atoms. The molecule has 36 rings (SSSR count). The van der Waals surface area contributed by atoms with Crippen molar-refractivity contribution in [1.29, 1.82) is 0 Å². The van der Waals surface area contributed by atoms with Crippen LogP contribution >= 0.6 is 0 Å². The largest absolute Gasteiger partial charge is 0.0616 e. The normalized spacial score (nSPS) is 12.0.